The molecule has 5 heteroatoms. The lowest BCUT2D eigenvalue weighted by Gasteiger charge is -2.59. The van der Waals surface area contributed by atoms with Crippen LogP contribution in [0, 0.1) is 5.92 Å². The first-order valence-corrected chi connectivity index (χ1v) is 8.61. The number of carbonyl (C=O) groups is 2. The van der Waals surface area contributed by atoms with Crippen LogP contribution in [-0.2, 0) is 23.8 Å². The normalized spacial score (nSPS) is 35.1. The SMILES string of the molecule is COC1CC2CC(OC(=O)CCCCC(C)=O)C1(C)OC2(C)C. The van der Waals surface area contributed by atoms with Crippen molar-refractivity contribution >= 4 is 11.8 Å². The monoisotopic (exact) mass is 326 g/mol. The van der Waals surface area contributed by atoms with Crippen molar-refractivity contribution in [1.29, 1.82) is 0 Å². The van der Waals surface area contributed by atoms with Gasteiger partial charge in [-0.2, -0.15) is 0 Å². The van der Waals surface area contributed by atoms with Crippen molar-refractivity contribution in [2.24, 2.45) is 5.92 Å². The number of ether oxygens (including phenoxy) is 3. The van der Waals surface area contributed by atoms with Gasteiger partial charge in [-0.25, -0.2) is 0 Å². The number of hydrogen-bond acceptors (Lipinski definition) is 5. The average molecular weight is 326 g/mol. The fourth-order valence-corrected chi connectivity index (χ4v) is 3.99. The molecule has 2 heterocycles. The molecule has 3 aliphatic rings. The van der Waals surface area contributed by atoms with Crippen molar-refractivity contribution in [2.45, 2.75) is 89.6 Å². The van der Waals surface area contributed by atoms with Crippen LogP contribution < -0.4 is 0 Å². The molecule has 5 nitrogen and oxygen atoms in total. The minimum Gasteiger partial charge on any atom is -0.459 e. The summed E-state index contributed by atoms with van der Waals surface area (Å²) in [6.45, 7) is 7.76. The predicted molar refractivity (Wildman–Crippen MR) is 86.1 cm³/mol. The maximum absolute atomic E-state index is 12.1. The maximum atomic E-state index is 12.1. The number of Topliss-reactive ketones (excluding diaryl/α,β-unsaturated/α-hetero) is 1. The highest BCUT2D eigenvalue weighted by molar-refractivity contribution is 5.75. The van der Waals surface area contributed by atoms with E-state index in [0.29, 0.717) is 25.2 Å². The molecule has 4 atom stereocenters. The number of rotatable bonds is 7. The number of hydrogen-bond donors (Lipinski definition) is 0. The zero-order valence-electron chi connectivity index (χ0n) is 15.0. The first kappa shape index (κ1) is 18.4. The van der Waals surface area contributed by atoms with Crippen molar-refractivity contribution in [3.63, 3.8) is 0 Å². The number of unbranched alkanes of at least 4 members (excludes halogenated alkanes) is 1. The first-order valence-electron chi connectivity index (χ1n) is 8.61. The molecule has 2 aliphatic heterocycles. The minimum absolute atomic E-state index is 0.0511. The van der Waals surface area contributed by atoms with E-state index in [4.69, 9.17) is 14.2 Å². The molecule has 132 valence electrons. The van der Waals surface area contributed by atoms with E-state index in [9.17, 15) is 9.59 Å². The Bertz CT molecular complexity index is 458. The standard InChI is InChI=1S/C18H30O5/c1-12(19)8-6-7-9-16(20)22-15-11-13-10-14(21-5)18(15,4)23-17(13,2)3/h13-15H,6-11H2,1-5H3. The van der Waals surface area contributed by atoms with Crippen LogP contribution in [0.4, 0.5) is 0 Å². The van der Waals surface area contributed by atoms with Crippen LogP contribution in [0.25, 0.3) is 0 Å². The largest absolute Gasteiger partial charge is 0.459 e. The van der Waals surface area contributed by atoms with Crippen LogP contribution in [0.15, 0.2) is 0 Å². The van der Waals surface area contributed by atoms with Crippen LogP contribution in [0.1, 0.15) is 66.2 Å². The van der Waals surface area contributed by atoms with Gasteiger partial charge in [0.05, 0.1) is 11.7 Å². The molecule has 1 aliphatic carbocycles. The highest BCUT2D eigenvalue weighted by Gasteiger charge is 2.60. The summed E-state index contributed by atoms with van der Waals surface area (Å²) >= 11 is 0. The molecule has 4 unspecified atom stereocenters. The molecule has 0 aromatic heterocycles. The maximum Gasteiger partial charge on any atom is 0.306 e. The van der Waals surface area contributed by atoms with E-state index in [1.807, 2.05) is 6.92 Å². The van der Waals surface area contributed by atoms with E-state index >= 15 is 0 Å². The topological polar surface area (TPSA) is 61.8 Å². The number of methoxy groups -OCH3 is 1. The van der Waals surface area contributed by atoms with Crippen molar-refractivity contribution in [3.05, 3.63) is 0 Å². The third-order valence-electron chi connectivity index (χ3n) is 5.46. The first-order chi connectivity index (χ1) is 10.7. The summed E-state index contributed by atoms with van der Waals surface area (Å²) in [5, 5.41) is 0. The Morgan fingerprint density at radius 3 is 2.30 bits per heavy atom. The van der Waals surface area contributed by atoms with Crippen molar-refractivity contribution in [2.75, 3.05) is 7.11 Å². The van der Waals surface area contributed by atoms with E-state index in [0.717, 1.165) is 19.3 Å². The van der Waals surface area contributed by atoms with E-state index < -0.39 is 5.60 Å². The van der Waals surface area contributed by atoms with Crippen molar-refractivity contribution < 1.29 is 23.8 Å². The predicted octanol–water partition coefficient (Wildman–Crippen LogP) is 3.04. The summed E-state index contributed by atoms with van der Waals surface area (Å²) in [5.74, 6) is 0.280. The summed E-state index contributed by atoms with van der Waals surface area (Å²) in [6.07, 6.45) is 3.74. The number of esters is 1. The van der Waals surface area contributed by atoms with Gasteiger partial charge in [-0.05, 0) is 59.3 Å². The molecule has 1 saturated carbocycles. The second-order valence-electron chi connectivity index (χ2n) is 7.67. The van der Waals surface area contributed by atoms with Crippen LogP contribution in [-0.4, -0.2) is 42.3 Å². The van der Waals surface area contributed by atoms with E-state index in [-0.39, 0.29) is 29.6 Å². The fourth-order valence-electron chi connectivity index (χ4n) is 3.99. The second-order valence-corrected chi connectivity index (χ2v) is 7.67. The van der Waals surface area contributed by atoms with E-state index in [2.05, 4.69) is 13.8 Å². The Labute approximate surface area is 139 Å². The van der Waals surface area contributed by atoms with Crippen molar-refractivity contribution in [1.82, 2.24) is 0 Å². The van der Waals surface area contributed by atoms with Crippen LogP contribution in [0.2, 0.25) is 0 Å². The lowest BCUT2D eigenvalue weighted by atomic mass is 9.65. The van der Waals surface area contributed by atoms with Gasteiger partial charge in [-0.15, -0.1) is 0 Å². The molecule has 0 spiro atoms. The van der Waals surface area contributed by atoms with Gasteiger partial charge in [0.2, 0.25) is 0 Å². The van der Waals surface area contributed by atoms with Crippen LogP contribution >= 0.6 is 0 Å². The summed E-state index contributed by atoms with van der Waals surface area (Å²) < 4.78 is 17.6. The molecule has 2 bridgehead atoms. The highest BCUT2D eigenvalue weighted by Crippen LogP contribution is 2.51. The molecule has 0 aromatic rings. The van der Waals surface area contributed by atoms with Gasteiger partial charge < -0.3 is 19.0 Å². The highest BCUT2D eigenvalue weighted by atomic mass is 16.6. The molecule has 3 rings (SSSR count). The zero-order chi connectivity index (χ0) is 17.3. The summed E-state index contributed by atoms with van der Waals surface area (Å²) in [7, 11) is 1.69. The fraction of sp³-hybridized carbons (Fsp3) is 0.889. The molecule has 23 heavy (non-hydrogen) atoms. The number of carbonyl (C=O) groups excluding carboxylic acids is 2. The Kier molecular flexibility index (Phi) is 5.52. The van der Waals surface area contributed by atoms with Crippen LogP contribution in [0.3, 0.4) is 0 Å². The number of ketones is 1. The third kappa shape index (κ3) is 3.94. The summed E-state index contributed by atoms with van der Waals surface area (Å²) in [6, 6.07) is 0. The van der Waals surface area contributed by atoms with Gasteiger partial charge in [-0.3, -0.25) is 4.79 Å². The Hall–Kier alpha value is -0.940. The Morgan fingerprint density at radius 1 is 1.09 bits per heavy atom. The lowest BCUT2D eigenvalue weighted by Crippen LogP contribution is -2.69. The van der Waals surface area contributed by atoms with Gasteiger partial charge in [0.1, 0.15) is 17.5 Å². The third-order valence-corrected chi connectivity index (χ3v) is 5.46. The van der Waals surface area contributed by atoms with E-state index in [1.54, 1.807) is 14.0 Å². The zero-order valence-corrected chi connectivity index (χ0v) is 15.0. The molecule has 2 saturated heterocycles. The van der Waals surface area contributed by atoms with Gasteiger partial charge in [0, 0.05) is 20.0 Å². The molecular formula is C18H30O5. The van der Waals surface area contributed by atoms with Crippen LogP contribution in [0.5, 0.6) is 0 Å². The summed E-state index contributed by atoms with van der Waals surface area (Å²) in [5.41, 5.74) is -0.809. The molecule has 0 N–H and O–H groups in total. The molecule has 0 aromatic carbocycles. The molecule has 0 amide bonds. The molecule has 0 radical (unpaired) electrons. The smallest absolute Gasteiger partial charge is 0.306 e. The second kappa shape index (κ2) is 6.89. The Morgan fingerprint density at radius 2 is 1.70 bits per heavy atom. The van der Waals surface area contributed by atoms with Gasteiger partial charge in [0.15, 0.2) is 0 Å². The van der Waals surface area contributed by atoms with Gasteiger partial charge in [0.25, 0.3) is 0 Å². The minimum atomic E-state index is -0.595. The molecule has 3 fully saturated rings. The quantitative estimate of drug-likeness (QED) is 0.531. The lowest BCUT2D eigenvalue weighted by molar-refractivity contribution is -0.317. The molecular weight excluding hydrogens is 296 g/mol. The Balaban J connectivity index is 1.92. The van der Waals surface area contributed by atoms with Gasteiger partial charge >= 0.3 is 5.97 Å². The summed E-state index contributed by atoms with van der Waals surface area (Å²) in [4.78, 5) is 23.0. The van der Waals surface area contributed by atoms with E-state index in [1.165, 1.54) is 0 Å². The number of fused-ring (bicyclic) bond motifs is 3. The van der Waals surface area contributed by atoms with Crippen molar-refractivity contribution in [3.8, 4) is 0 Å². The average Bonchev–Trinajstić information content (AvgIpc) is 2.43. The van der Waals surface area contributed by atoms with Gasteiger partial charge in [-0.1, -0.05) is 0 Å².